The lowest BCUT2D eigenvalue weighted by atomic mass is 9.81. The maximum Gasteiger partial charge on any atom is 0.222 e. The number of hydrogen-bond acceptors (Lipinski definition) is 2. The third kappa shape index (κ3) is 2.73. The smallest absolute Gasteiger partial charge is 0.222 e. The molecule has 0 aromatic rings. The van der Waals surface area contributed by atoms with Crippen LogP contribution in [-0.2, 0) is 4.79 Å². The molecule has 0 radical (unpaired) electrons. The molecule has 1 aliphatic heterocycles. The van der Waals surface area contributed by atoms with Gasteiger partial charge in [0.05, 0.1) is 0 Å². The molecule has 0 unspecified atom stereocenters. The lowest BCUT2D eigenvalue weighted by Crippen LogP contribution is -2.39. The monoisotopic (exact) mass is 241 g/mol. The molecule has 16 heavy (non-hydrogen) atoms. The quantitative estimate of drug-likeness (QED) is 0.595. The summed E-state index contributed by atoms with van der Waals surface area (Å²) in [7, 11) is 0. The van der Waals surface area contributed by atoms with E-state index in [1.54, 1.807) is 0 Å². The lowest BCUT2D eigenvalue weighted by Gasteiger charge is -2.35. The Kier molecular flexibility index (Phi) is 4.17. The summed E-state index contributed by atoms with van der Waals surface area (Å²) in [5.74, 6) is 1.31. The number of nitrogens with zero attached hydrogens (tertiary/aromatic N) is 1. The van der Waals surface area contributed by atoms with Crippen molar-refractivity contribution in [2.24, 2.45) is 5.41 Å². The molecule has 0 aromatic heterocycles. The van der Waals surface area contributed by atoms with Gasteiger partial charge in [-0.05, 0) is 30.4 Å². The summed E-state index contributed by atoms with van der Waals surface area (Å²) < 4.78 is 0. The summed E-state index contributed by atoms with van der Waals surface area (Å²) in [5.41, 5.74) is 0.319. The normalized spacial score (nSPS) is 25.8. The minimum atomic E-state index is 0.319. The van der Waals surface area contributed by atoms with Crippen LogP contribution in [0.15, 0.2) is 0 Å². The molecule has 1 aliphatic carbocycles. The van der Waals surface area contributed by atoms with Crippen LogP contribution in [0.3, 0.4) is 0 Å². The summed E-state index contributed by atoms with van der Waals surface area (Å²) in [6.45, 7) is 1.95. The van der Waals surface area contributed by atoms with Crippen molar-refractivity contribution in [3.05, 3.63) is 0 Å². The van der Waals surface area contributed by atoms with Crippen LogP contribution in [0.25, 0.3) is 0 Å². The van der Waals surface area contributed by atoms with Crippen molar-refractivity contribution >= 4 is 18.5 Å². The number of carbonyl (C=O) groups excluding carboxylic acids is 1. The SMILES string of the molecule is O=C1CCCN1CC1(CS)CCCCCC1. The van der Waals surface area contributed by atoms with E-state index in [4.69, 9.17) is 0 Å². The third-order valence-electron chi connectivity index (χ3n) is 4.20. The van der Waals surface area contributed by atoms with Gasteiger partial charge in [-0.15, -0.1) is 0 Å². The molecule has 0 bridgehead atoms. The van der Waals surface area contributed by atoms with Crippen molar-refractivity contribution < 1.29 is 4.79 Å². The minimum Gasteiger partial charge on any atom is -0.342 e. The first-order chi connectivity index (χ1) is 7.76. The van der Waals surface area contributed by atoms with Gasteiger partial charge in [0.25, 0.3) is 0 Å². The van der Waals surface area contributed by atoms with Crippen molar-refractivity contribution in [3.8, 4) is 0 Å². The third-order valence-corrected chi connectivity index (χ3v) is 4.87. The van der Waals surface area contributed by atoms with Crippen LogP contribution in [0, 0.1) is 5.41 Å². The average Bonchev–Trinajstić information content (AvgIpc) is 2.56. The van der Waals surface area contributed by atoms with Gasteiger partial charge in [-0.25, -0.2) is 0 Å². The second-order valence-corrected chi connectivity index (χ2v) is 5.81. The van der Waals surface area contributed by atoms with E-state index in [2.05, 4.69) is 17.5 Å². The number of hydrogen-bond donors (Lipinski definition) is 1. The van der Waals surface area contributed by atoms with Gasteiger partial charge in [-0.3, -0.25) is 4.79 Å². The van der Waals surface area contributed by atoms with Crippen molar-refractivity contribution in [2.45, 2.75) is 51.4 Å². The van der Waals surface area contributed by atoms with Crippen molar-refractivity contribution in [1.82, 2.24) is 4.90 Å². The van der Waals surface area contributed by atoms with Crippen LogP contribution in [-0.4, -0.2) is 29.6 Å². The van der Waals surface area contributed by atoms with Gasteiger partial charge in [0, 0.05) is 19.5 Å². The number of carbonyl (C=O) groups is 1. The summed E-state index contributed by atoms with van der Waals surface area (Å²) in [6, 6.07) is 0. The first-order valence-electron chi connectivity index (χ1n) is 6.64. The topological polar surface area (TPSA) is 20.3 Å². The van der Waals surface area contributed by atoms with Gasteiger partial charge in [-0.2, -0.15) is 12.6 Å². The van der Waals surface area contributed by atoms with Crippen LogP contribution in [0.4, 0.5) is 0 Å². The molecular weight excluding hydrogens is 218 g/mol. The highest BCUT2D eigenvalue weighted by Crippen LogP contribution is 2.37. The van der Waals surface area contributed by atoms with E-state index in [1.807, 2.05) is 0 Å². The molecule has 0 spiro atoms. The second-order valence-electron chi connectivity index (χ2n) is 5.49. The van der Waals surface area contributed by atoms with Gasteiger partial charge in [0.2, 0.25) is 5.91 Å². The van der Waals surface area contributed by atoms with Crippen molar-refractivity contribution in [3.63, 3.8) is 0 Å². The fraction of sp³-hybridized carbons (Fsp3) is 0.923. The Morgan fingerprint density at radius 3 is 2.31 bits per heavy atom. The maximum atomic E-state index is 11.7. The van der Waals surface area contributed by atoms with E-state index >= 15 is 0 Å². The Labute approximate surface area is 104 Å². The molecule has 2 rings (SSSR count). The number of thiol groups is 1. The molecule has 0 aromatic carbocycles. The summed E-state index contributed by atoms with van der Waals surface area (Å²) >= 11 is 4.56. The first-order valence-corrected chi connectivity index (χ1v) is 7.28. The molecule has 1 saturated carbocycles. The zero-order valence-corrected chi connectivity index (χ0v) is 11.0. The molecule has 3 heteroatoms. The lowest BCUT2D eigenvalue weighted by molar-refractivity contribution is -0.129. The largest absolute Gasteiger partial charge is 0.342 e. The average molecular weight is 241 g/mol. The van der Waals surface area contributed by atoms with Crippen LogP contribution in [0.5, 0.6) is 0 Å². The summed E-state index contributed by atoms with van der Waals surface area (Å²) in [6.07, 6.45) is 9.73. The highest BCUT2D eigenvalue weighted by molar-refractivity contribution is 7.80. The van der Waals surface area contributed by atoms with E-state index in [0.29, 0.717) is 11.3 Å². The molecule has 1 amide bonds. The minimum absolute atomic E-state index is 0.319. The van der Waals surface area contributed by atoms with Crippen molar-refractivity contribution in [1.29, 1.82) is 0 Å². The molecule has 2 aliphatic rings. The predicted octanol–water partition coefficient (Wildman–Crippen LogP) is 2.88. The number of amides is 1. The molecule has 1 saturated heterocycles. The van der Waals surface area contributed by atoms with Crippen LogP contribution in [0.2, 0.25) is 0 Å². The molecular formula is C13H23NOS. The number of likely N-dealkylation sites (tertiary alicyclic amines) is 1. The molecule has 2 nitrogen and oxygen atoms in total. The Morgan fingerprint density at radius 1 is 1.12 bits per heavy atom. The van der Waals surface area contributed by atoms with Crippen LogP contribution < -0.4 is 0 Å². The van der Waals surface area contributed by atoms with Gasteiger partial charge in [-0.1, -0.05) is 25.7 Å². The van der Waals surface area contributed by atoms with Crippen LogP contribution >= 0.6 is 12.6 Å². The molecule has 0 atom stereocenters. The number of rotatable bonds is 3. The summed E-state index contributed by atoms with van der Waals surface area (Å²) in [4.78, 5) is 13.8. The molecule has 92 valence electrons. The summed E-state index contributed by atoms with van der Waals surface area (Å²) in [5, 5.41) is 0. The Balaban J connectivity index is 1.99. The first kappa shape index (κ1) is 12.3. The van der Waals surface area contributed by atoms with E-state index in [0.717, 1.165) is 31.7 Å². The van der Waals surface area contributed by atoms with E-state index < -0.39 is 0 Å². The van der Waals surface area contributed by atoms with Gasteiger partial charge in [0.1, 0.15) is 0 Å². The standard InChI is InChI=1S/C13H23NOS/c15-12-6-5-9-14(12)10-13(11-16)7-3-1-2-4-8-13/h16H,1-11H2. The van der Waals surface area contributed by atoms with Crippen LogP contribution in [0.1, 0.15) is 51.4 Å². The van der Waals surface area contributed by atoms with Crippen molar-refractivity contribution in [2.75, 3.05) is 18.8 Å². The molecule has 2 fully saturated rings. The van der Waals surface area contributed by atoms with E-state index in [1.165, 1.54) is 38.5 Å². The fourth-order valence-corrected chi connectivity index (χ4v) is 3.54. The van der Waals surface area contributed by atoms with E-state index in [9.17, 15) is 4.79 Å². The van der Waals surface area contributed by atoms with Gasteiger partial charge >= 0.3 is 0 Å². The highest BCUT2D eigenvalue weighted by Gasteiger charge is 2.34. The van der Waals surface area contributed by atoms with E-state index in [-0.39, 0.29) is 0 Å². The molecule has 0 N–H and O–H groups in total. The Bertz CT molecular complexity index is 246. The van der Waals surface area contributed by atoms with Gasteiger partial charge < -0.3 is 4.90 Å². The zero-order valence-electron chi connectivity index (χ0n) is 10.1. The maximum absolute atomic E-state index is 11.7. The Hall–Kier alpha value is -0.180. The fourth-order valence-electron chi connectivity index (χ4n) is 3.12. The predicted molar refractivity (Wildman–Crippen MR) is 69.8 cm³/mol. The van der Waals surface area contributed by atoms with Gasteiger partial charge in [0.15, 0.2) is 0 Å². The molecule has 1 heterocycles. The highest BCUT2D eigenvalue weighted by atomic mass is 32.1. The zero-order chi connectivity index (χ0) is 11.4. The second kappa shape index (κ2) is 5.44. The Morgan fingerprint density at radius 2 is 1.81 bits per heavy atom.